The number of para-hydroxylation sites is 1. The van der Waals surface area contributed by atoms with Crippen molar-refractivity contribution < 1.29 is 9.53 Å². The molecular weight excluding hydrogens is 276 g/mol. The van der Waals surface area contributed by atoms with Crippen molar-refractivity contribution in [1.29, 1.82) is 0 Å². The lowest BCUT2D eigenvalue weighted by molar-refractivity contribution is 0.131. The van der Waals surface area contributed by atoms with Crippen LogP contribution in [0.5, 0.6) is 0 Å². The molecule has 112 valence electrons. The minimum Gasteiger partial charge on any atom is -0.443 e. The van der Waals surface area contributed by atoms with Crippen LogP contribution in [0.1, 0.15) is 11.1 Å². The summed E-state index contributed by atoms with van der Waals surface area (Å²) in [5, 5.41) is 3.81. The van der Waals surface area contributed by atoms with Gasteiger partial charge in [0.2, 0.25) is 0 Å². The van der Waals surface area contributed by atoms with Gasteiger partial charge < -0.3 is 4.74 Å². The largest absolute Gasteiger partial charge is 0.443 e. The Hall–Kier alpha value is -2.49. The lowest BCUT2D eigenvalue weighted by atomic mass is 10.1. The quantitative estimate of drug-likeness (QED) is 0.872. The fourth-order valence-corrected chi connectivity index (χ4v) is 3.26. The molecule has 2 aliphatic rings. The Kier molecular flexibility index (Phi) is 3.22. The molecule has 0 saturated carbocycles. The molecule has 0 N–H and O–H groups in total. The molecule has 4 nitrogen and oxygen atoms in total. The van der Waals surface area contributed by atoms with Crippen molar-refractivity contribution >= 4 is 11.8 Å². The summed E-state index contributed by atoms with van der Waals surface area (Å²) in [5.74, 6) is 0. The number of rotatable bonds is 3. The van der Waals surface area contributed by atoms with Crippen LogP contribution < -0.4 is 5.01 Å². The molecule has 0 aliphatic carbocycles. The van der Waals surface area contributed by atoms with Gasteiger partial charge in [-0.1, -0.05) is 48.5 Å². The second-order valence-corrected chi connectivity index (χ2v) is 5.78. The van der Waals surface area contributed by atoms with E-state index in [1.165, 1.54) is 11.1 Å². The van der Waals surface area contributed by atoms with E-state index < -0.39 is 0 Å². The molecule has 0 spiro atoms. The van der Waals surface area contributed by atoms with Crippen LogP contribution in [0.15, 0.2) is 54.6 Å². The zero-order chi connectivity index (χ0) is 14.9. The molecule has 4 rings (SSSR count). The number of fused-ring (bicyclic) bond motifs is 1. The number of amides is 1. The number of benzene rings is 2. The molecule has 22 heavy (non-hydrogen) atoms. The predicted molar refractivity (Wildman–Crippen MR) is 84.6 cm³/mol. The van der Waals surface area contributed by atoms with Crippen LogP contribution in [0.2, 0.25) is 0 Å². The number of hydrogen-bond acceptors (Lipinski definition) is 3. The molecule has 1 fully saturated rings. The highest BCUT2D eigenvalue weighted by Crippen LogP contribution is 2.31. The summed E-state index contributed by atoms with van der Waals surface area (Å²) >= 11 is 0. The van der Waals surface area contributed by atoms with E-state index in [2.05, 4.69) is 29.3 Å². The van der Waals surface area contributed by atoms with E-state index in [0.717, 1.165) is 25.1 Å². The third-order valence-electron chi connectivity index (χ3n) is 4.32. The molecule has 1 saturated heterocycles. The molecule has 0 radical (unpaired) electrons. The highest BCUT2D eigenvalue weighted by Gasteiger charge is 2.37. The van der Waals surface area contributed by atoms with Crippen LogP contribution in [0.4, 0.5) is 10.5 Å². The maximum atomic E-state index is 12.2. The third-order valence-corrected chi connectivity index (χ3v) is 4.32. The van der Waals surface area contributed by atoms with Crippen LogP contribution in [-0.4, -0.2) is 30.3 Å². The molecule has 1 atom stereocenters. The maximum absolute atomic E-state index is 12.2. The topological polar surface area (TPSA) is 32.8 Å². The van der Waals surface area contributed by atoms with Gasteiger partial charge in [0.05, 0.1) is 12.2 Å². The zero-order valence-electron chi connectivity index (χ0n) is 12.3. The van der Waals surface area contributed by atoms with E-state index in [9.17, 15) is 4.79 Å². The Morgan fingerprint density at radius 1 is 1.00 bits per heavy atom. The number of anilines is 1. The van der Waals surface area contributed by atoms with Gasteiger partial charge in [0.15, 0.2) is 0 Å². The van der Waals surface area contributed by atoms with Crippen LogP contribution in [0.3, 0.4) is 0 Å². The number of carbonyl (C=O) groups excluding carboxylic acids is 1. The highest BCUT2D eigenvalue weighted by molar-refractivity contribution is 5.74. The Labute approximate surface area is 129 Å². The lowest BCUT2D eigenvalue weighted by Gasteiger charge is -2.27. The molecular formula is C18H18N2O2. The van der Waals surface area contributed by atoms with Gasteiger partial charge in [0.1, 0.15) is 6.10 Å². The molecule has 1 amide bonds. The van der Waals surface area contributed by atoms with Gasteiger partial charge in [-0.15, -0.1) is 0 Å². The van der Waals surface area contributed by atoms with Crippen LogP contribution in [0.25, 0.3) is 0 Å². The molecule has 1 unspecified atom stereocenters. The van der Waals surface area contributed by atoms with Crippen LogP contribution in [-0.2, 0) is 17.6 Å². The van der Waals surface area contributed by atoms with E-state index in [0.29, 0.717) is 6.54 Å². The third kappa shape index (κ3) is 2.30. The van der Waals surface area contributed by atoms with Gasteiger partial charge in [-0.05, 0) is 23.6 Å². The molecule has 0 aromatic heterocycles. The minimum atomic E-state index is -0.238. The molecule has 2 aromatic carbocycles. The molecule has 2 heterocycles. The van der Waals surface area contributed by atoms with Gasteiger partial charge in [-0.3, -0.25) is 5.01 Å². The summed E-state index contributed by atoms with van der Waals surface area (Å²) in [6, 6.07) is 18.4. The summed E-state index contributed by atoms with van der Waals surface area (Å²) in [6.07, 6.45) is 1.42. The van der Waals surface area contributed by atoms with Crippen molar-refractivity contribution in [2.75, 3.05) is 18.1 Å². The maximum Gasteiger partial charge on any atom is 0.429 e. The van der Waals surface area contributed by atoms with Gasteiger partial charge >= 0.3 is 6.09 Å². The number of hydrogen-bond donors (Lipinski definition) is 0. The van der Waals surface area contributed by atoms with E-state index in [-0.39, 0.29) is 12.2 Å². The average molecular weight is 294 g/mol. The molecule has 4 heteroatoms. The summed E-state index contributed by atoms with van der Waals surface area (Å²) in [5.41, 5.74) is 3.62. The van der Waals surface area contributed by atoms with Crippen molar-refractivity contribution in [1.82, 2.24) is 5.01 Å². The standard InChI is InChI=1S/C18H18N2O2/c21-18-20(19-11-10-15-8-4-5-9-17(15)19)13-16(22-18)12-14-6-2-1-3-7-14/h1-9,16H,10-13H2. The smallest absolute Gasteiger partial charge is 0.429 e. The first-order valence-electron chi connectivity index (χ1n) is 7.69. The van der Waals surface area contributed by atoms with Crippen LogP contribution in [0, 0.1) is 0 Å². The SMILES string of the molecule is O=C1OC(Cc2ccccc2)CN1N1CCc2ccccc21. The van der Waals surface area contributed by atoms with Crippen LogP contribution >= 0.6 is 0 Å². The van der Waals surface area contributed by atoms with Crippen molar-refractivity contribution in [3.05, 3.63) is 65.7 Å². The van der Waals surface area contributed by atoms with Gasteiger partial charge in [0.25, 0.3) is 0 Å². The van der Waals surface area contributed by atoms with Crippen molar-refractivity contribution in [3.63, 3.8) is 0 Å². The predicted octanol–water partition coefficient (Wildman–Crippen LogP) is 3.03. The van der Waals surface area contributed by atoms with E-state index >= 15 is 0 Å². The van der Waals surface area contributed by atoms with Crippen molar-refractivity contribution in [3.8, 4) is 0 Å². The Morgan fingerprint density at radius 2 is 1.77 bits per heavy atom. The number of nitrogens with zero attached hydrogens (tertiary/aromatic N) is 2. The lowest BCUT2D eigenvalue weighted by Crippen LogP contribution is -2.42. The number of hydrazine groups is 1. The summed E-state index contributed by atoms with van der Waals surface area (Å²) in [4.78, 5) is 12.2. The first kappa shape index (κ1) is 13.2. The van der Waals surface area contributed by atoms with Gasteiger partial charge in [0, 0.05) is 13.0 Å². The number of ether oxygens (including phenoxy) is 1. The second-order valence-electron chi connectivity index (χ2n) is 5.78. The summed E-state index contributed by atoms with van der Waals surface area (Å²) in [7, 11) is 0. The number of cyclic esters (lactones) is 1. The normalized spacial score (nSPS) is 20.2. The average Bonchev–Trinajstić information content (AvgIpc) is 3.11. The molecule has 2 aliphatic heterocycles. The Balaban J connectivity index is 1.49. The molecule has 0 bridgehead atoms. The Bertz CT molecular complexity index is 686. The second kappa shape index (κ2) is 5.37. The summed E-state index contributed by atoms with van der Waals surface area (Å²) in [6.45, 7) is 1.45. The van der Waals surface area contributed by atoms with Crippen molar-refractivity contribution in [2.45, 2.75) is 18.9 Å². The van der Waals surface area contributed by atoms with Gasteiger partial charge in [-0.25, -0.2) is 9.80 Å². The molecule has 2 aromatic rings. The van der Waals surface area contributed by atoms with E-state index in [1.54, 1.807) is 5.01 Å². The van der Waals surface area contributed by atoms with Crippen molar-refractivity contribution in [2.24, 2.45) is 0 Å². The van der Waals surface area contributed by atoms with E-state index in [4.69, 9.17) is 4.74 Å². The minimum absolute atomic E-state index is 0.0809. The number of carbonyl (C=O) groups is 1. The van der Waals surface area contributed by atoms with E-state index in [1.807, 2.05) is 30.3 Å². The first-order valence-corrected chi connectivity index (χ1v) is 7.69. The monoisotopic (exact) mass is 294 g/mol. The highest BCUT2D eigenvalue weighted by atomic mass is 16.6. The van der Waals surface area contributed by atoms with Gasteiger partial charge in [-0.2, -0.15) is 0 Å². The Morgan fingerprint density at radius 3 is 2.64 bits per heavy atom. The first-order chi connectivity index (χ1) is 10.8. The zero-order valence-corrected chi connectivity index (χ0v) is 12.3. The fraction of sp³-hybridized carbons (Fsp3) is 0.278. The summed E-state index contributed by atoms with van der Waals surface area (Å²) < 4.78 is 5.55. The fourth-order valence-electron chi connectivity index (χ4n) is 3.26.